The Kier molecular flexibility index (Phi) is 4.54. The molecule has 0 fully saturated rings. The monoisotopic (exact) mass is 293 g/mol. The van der Waals surface area contributed by atoms with E-state index in [0.29, 0.717) is 5.71 Å². The molecule has 0 aromatic rings. The molecule has 3 N–H and O–H groups in total. The van der Waals surface area contributed by atoms with Crippen LogP contribution in [0.3, 0.4) is 0 Å². The van der Waals surface area contributed by atoms with Gasteiger partial charge in [-0.2, -0.15) is 5.10 Å². The van der Waals surface area contributed by atoms with Crippen molar-refractivity contribution in [2.24, 2.45) is 21.7 Å². The van der Waals surface area contributed by atoms with Crippen LogP contribution in [0.2, 0.25) is 0 Å². The molecular formula is C15H23N3OS. The summed E-state index contributed by atoms with van der Waals surface area (Å²) in [6, 6.07) is 0. The Bertz CT molecular complexity index is 492. The summed E-state index contributed by atoms with van der Waals surface area (Å²) in [6.45, 7) is 12.1. The highest BCUT2D eigenvalue weighted by Crippen LogP contribution is 2.36. The van der Waals surface area contributed by atoms with Crippen LogP contribution in [0, 0.1) is 10.8 Å². The minimum absolute atomic E-state index is 0.0827. The van der Waals surface area contributed by atoms with Crippen molar-refractivity contribution in [3.05, 3.63) is 23.3 Å². The summed E-state index contributed by atoms with van der Waals surface area (Å²) in [5.74, 6) is 0.0827. The number of hydrazone groups is 1. The molecule has 0 bridgehead atoms. The van der Waals surface area contributed by atoms with Crippen LogP contribution in [-0.2, 0) is 4.79 Å². The maximum absolute atomic E-state index is 12.6. The summed E-state index contributed by atoms with van der Waals surface area (Å²) in [7, 11) is 0. The van der Waals surface area contributed by atoms with Gasteiger partial charge in [0.2, 0.25) is 0 Å². The summed E-state index contributed by atoms with van der Waals surface area (Å²) >= 11 is 4.74. The van der Waals surface area contributed by atoms with Gasteiger partial charge >= 0.3 is 0 Å². The Morgan fingerprint density at radius 1 is 1.10 bits per heavy atom. The number of thiocarbonyl (C=S) groups is 1. The normalized spacial score (nSPS) is 16.5. The van der Waals surface area contributed by atoms with Crippen molar-refractivity contribution < 1.29 is 4.79 Å². The predicted molar refractivity (Wildman–Crippen MR) is 87.4 cm³/mol. The Morgan fingerprint density at radius 3 is 1.80 bits per heavy atom. The molecule has 0 aromatic heterocycles. The number of hydrogen-bond donors (Lipinski definition) is 2. The summed E-state index contributed by atoms with van der Waals surface area (Å²) in [5.41, 5.74) is 9.61. The van der Waals surface area contributed by atoms with Gasteiger partial charge in [0.1, 0.15) is 0 Å². The average molecular weight is 293 g/mol. The first kappa shape index (κ1) is 16.6. The minimum atomic E-state index is -0.244. The first-order valence-corrected chi connectivity index (χ1v) is 6.96. The van der Waals surface area contributed by atoms with Crippen LogP contribution in [-0.4, -0.2) is 16.6 Å². The van der Waals surface area contributed by atoms with Crippen molar-refractivity contribution in [1.82, 2.24) is 5.43 Å². The molecule has 0 spiro atoms. The van der Waals surface area contributed by atoms with Crippen molar-refractivity contribution in [3.63, 3.8) is 0 Å². The van der Waals surface area contributed by atoms with Gasteiger partial charge in [-0.1, -0.05) is 41.5 Å². The number of allylic oxidation sites excluding steroid dienone is 4. The highest BCUT2D eigenvalue weighted by molar-refractivity contribution is 7.80. The van der Waals surface area contributed by atoms with E-state index in [1.807, 2.05) is 41.5 Å². The standard InChI is InChI=1S/C15H23N3OS/c1-14(2,3)10-7-9(17-18-13(16)20)8-11(12(10)19)15(4,5)6/h7-8H,1-6H3,(H3,16,18,20). The average Bonchev–Trinajstić information content (AvgIpc) is 2.24. The fraction of sp³-hybridized carbons (Fsp3) is 0.533. The van der Waals surface area contributed by atoms with Gasteiger partial charge in [0.25, 0.3) is 0 Å². The van der Waals surface area contributed by atoms with Crippen molar-refractivity contribution >= 4 is 28.8 Å². The van der Waals surface area contributed by atoms with Crippen molar-refractivity contribution in [2.45, 2.75) is 41.5 Å². The molecule has 0 saturated carbocycles. The number of hydrogen-bond acceptors (Lipinski definition) is 3. The molecule has 0 radical (unpaired) electrons. The van der Waals surface area contributed by atoms with Crippen molar-refractivity contribution in [1.29, 1.82) is 0 Å². The number of ketones is 1. The lowest BCUT2D eigenvalue weighted by Crippen LogP contribution is -2.31. The number of carbonyl (C=O) groups is 1. The molecule has 4 nitrogen and oxygen atoms in total. The highest BCUT2D eigenvalue weighted by Gasteiger charge is 2.34. The van der Waals surface area contributed by atoms with E-state index in [0.717, 1.165) is 11.1 Å². The third-order valence-electron chi connectivity index (χ3n) is 2.98. The van der Waals surface area contributed by atoms with Gasteiger partial charge in [-0.3, -0.25) is 10.2 Å². The second-order valence-electron chi connectivity index (χ2n) is 6.96. The number of rotatable bonds is 1. The molecule has 20 heavy (non-hydrogen) atoms. The first-order chi connectivity index (χ1) is 8.93. The first-order valence-electron chi connectivity index (χ1n) is 6.55. The Hall–Kier alpha value is -1.49. The lowest BCUT2D eigenvalue weighted by Gasteiger charge is -2.30. The van der Waals surface area contributed by atoms with E-state index in [1.54, 1.807) is 12.2 Å². The molecule has 0 aliphatic heterocycles. The summed E-state index contributed by atoms with van der Waals surface area (Å²) in [4.78, 5) is 12.6. The van der Waals surface area contributed by atoms with Crippen LogP contribution in [0.15, 0.2) is 28.4 Å². The van der Waals surface area contributed by atoms with Gasteiger partial charge < -0.3 is 5.73 Å². The topological polar surface area (TPSA) is 67.5 Å². The van der Waals surface area contributed by atoms with Gasteiger partial charge in [0.05, 0.1) is 5.71 Å². The molecule has 1 aliphatic rings. The fourth-order valence-corrected chi connectivity index (χ4v) is 1.96. The molecule has 0 heterocycles. The van der Waals surface area contributed by atoms with E-state index in [-0.39, 0.29) is 21.7 Å². The zero-order valence-corrected chi connectivity index (χ0v) is 13.8. The van der Waals surface area contributed by atoms with E-state index in [4.69, 9.17) is 18.0 Å². The van der Waals surface area contributed by atoms with Gasteiger partial charge in [-0.05, 0) is 35.2 Å². The van der Waals surface area contributed by atoms with Crippen LogP contribution in [0.1, 0.15) is 41.5 Å². The Labute approximate surface area is 126 Å². The largest absolute Gasteiger partial charge is 0.375 e. The van der Waals surface area contributed by atoms with E-state index in [9.17, 15) is 4.79 Å². The zero-order chi connectivity index (χ0) is 15.7. The molecular weight excluding hydrogens is 270 g/mol. The zero-order valence-electron chi connectivity index (χ0n) is 13.0. The molecule has 1 aliphatic carbocycles. The Balaban J connectivity index is 3.33. The summed E-state index contributed by atoms with van der Waals surface area (Å²) in [5, 5.41) is 4.24. The second-order valence-corrected chi connectivity index (χ2v) is 7.40. The predicted octanol–water partition coefficient (Wildman–Crippen LogP) is 2.70. The van der Waals surface area contributed by atoms with Crippen molar-refractivity contribution in [3.8, 4) is 0 Å². The molecule has 0 aromatic carbocycles. The van der Waals surface area contributed by atoms with Crippen LogP contribution >= 0.6 is 12.2 Å². The van der Waals surface area contributed by atoms with E-state index < -0.39 is 0 Å². The number of nitrogens with two attached hydrogens (primary N) is 1. The third-order valence-corrected chi connectivity index (χ3v) is 3.08. The number of nitrogens with zero attached hydrogens (tertiary/aromatic N) is 1. The quantitative estimate of drug-likeness (QED) is 0.443. The maximum atomic E-state index is 12.6. The van der Waals surface area contributed by atoms with Gasteiger partial charge in [-0.25, -0.2) is 0 Å². The Morgan fingerprint density at radius 2 is 1.50 bits per heavy atom. The third kappa shape index (κ3) is 4.00. The van der Waals surface area contributed by atoms with Gasteiger partial charge in [-0.15, -0.1) is 0 Å². The lowest BCUT2D eigenvalue weighted by atomic mass is 9.72. The van der Waals surface area contributed by atoms with Crippen LogP contribution < -0.4 is 11.2 Å². The maximum Gasteiger partial charge on any atom is 0.186 e. The summed E-state index contributed by atoms with van der Waals surface area (Å²) in [6.07, 6.45) is 3.59. The minimum Gasteiger partial charge on any atom is -0.375 e. The highest BCUT2D eigenvalue weighted by atomic mass is 32.1. The van der Waals surface area contributed by atoms with Crippen molar-refractivity contribution in [2.75, 3.05) is 0 Å². The molecule has 0 amide bonds. The number of nitrogens with one attached hydrogen (secondary N) is 1. The molecule has 5 heteroatoms. The van der Waals surface area contributed by atoms with Crippen LogP contribution in [0.4, 0.5) is 0 Å². The fourth-order valence-electron chi connectivity index (χ4n) is 1.91. The number of carbonyl (C=O) groups excluding carboxylic acids is 1. The second kappa shape index (κ2) is 5.48. The summed E-state index contributed by atoms with van der Waals surface area (Å²) < 4.78 is 0. The SMILES string of the molecule is CC(C)(C)C1=CC(=NNC(N)=S)C=C(C(C)(C)C)C1=O. The number of Topliss-reactive ketones (excluding diaryl/α,β-unsaturated/α-hetero) is 1. The smallest absolute Gasteiger partial charge is 0.186 e. The molecule has 0 saturated heterocycles. The molecule has 0 unspecified atom stereocenters. The van der Waals surface area contributed by atoms with E-state index in [1.165, 1.54) is 0 Å². The lowest BCUT2D eigenvalue weighted by molar-refractivity contribution is -0.114. The van der Waals surface area contributed by atoms with Gasteiger partial charge in [0, 0.05) is 11.1 Å². The van der Waals surface area contributed by atoms with E-state index in [2.05, 4.69) is 10.5 Å². The van der Waals surface area contributed by atoms with Crippen LogP contribution in [0.5, 0.6) is 0 Å². The van der Waals surface area contributed by atoms with Gasteiger partial charge in [0.15, 0.2) is 10.9 Å². The molecule has 0 atom stereocenters. The van der Waals surface area contributed by atoms with Crippen LogP contribution in [0.25, 0.3) is 0 Å². The molecule has 110 valence electrons. The van der Waals surface area contributed by atoms with E-state index >= 15 is 0 Å². The molecule has 1 rings (SSSR count).